The van der Waals surface area contributed by atoms with Crippen molar-refractivity contribution in [3.05, 3.63) is 10.2 Å². The number of rotatable bonds is 7. The Balaban J connectivity index is 2.82. The van der Waals surface area contributed by atoms with Crippen LogP contribution in [0.2, 0.25) is 0 Å². The third-order valence-electron chi connectivity index (χ3n) is 3.23. The van der Waals surface area contributed by atoms with Gasteiger partial charge in [-0.25, -0.2) is 14.3 Å². The van der Waals surface area contributed by atoms with Gasteiger partial charge in [-0.05, 0) is 57.5 Å². The normalized spacial score (nSPS) is 12.5. The van der Waals surface area contributed by atoms with Gasteiger partial charge in [0.05, 0.1) is 13.2 Å². The van der Waals surface area contributed by atoms with E-state index in [4.69, 9.17) is 14.2 Å². The topological polar surface area (TPSA) is 82.9 Å². The fraction of sp³-hybridized carbons (Fsp3) is 0.706. The zero-order valence-electron chi connectivity index (χ0n) is 16.5. The summed E-state index contributed by atoms with van der Waals surface area (Å²) in [5.74, 6) is -0.137. The van der Waals surface area contributed by atoms with Crippen molar-refractivity contribution in [1.82, 2.24) is 14.7 Å². The maximum atomic E-state index is 12.2. The van der Waals surface area contributed by atoms with E-state index in [9.17, 15) is 9.59 Å². The maximum Gasteiger partial charge on any atom is 0.410 e. The summed E-state index contributed by atoms with van der Waals surface area (Å²) >= 11 is 3.34. The number of hydrogen-bond donors (Lipinski definition) is 0. The second-order valence-electron chi connectivity index (χ2n) is 6.76. The molecule has 0 radical (unpaired) electrons. The van der Waals surface area contributed by atoms with E-state index in [0.29, 0.717) is 23.4 Å². The Bertz CT molecular complexity index is 639. The number of aryl methyl sites for hydroxylation is 1. The van der Waals surface area contributed by atoms with Crippen molar-refractivity contribution in [2.45, 2.75) is 53.2 Å². The molecular formula is C17H28BrN3O5. The van der Waals surface area contributed by atoms with Crippen LogP contribution in [0.4, 0.5) is 4.79 Å². The molecule has 0 aliphatic heterocycles. The first-order chi connectivity index (χ1) is 12.0. The van der Waals surface area contributed by atoms with Crippen molar-refractivity contribution in [3.63, 3.8) is 0 Å². The summed E-state index contributed by atoms with van der Waals surface area (Å²) in [5.41, 5.74) is -0.412. The Morgan fingerprint density at radius 1 is 1.31 bits per heavy atom. The van der Waals surface area contributed by atoms with E-state index < -0.39 is 17.7 Å². The van der Waals surface area contributed by atoms with Gasteiger partial charge in [-0.2, -0.15) is 5.10 Å². The van der Waals surface area contributed by atoms with E-state index in [1.165, 1.54) is 4.68 Å². The number of carbonyl (C=O) groups is 2. The van der Waals surface area contributed by atoms with Gasteiger partial charge in [-0.15, -0.1) is 0 Å². The predicted octanol–water partition coefficient (Wildman–Crippen LogP) is 3.38. The highest BCUT2D eigenvalue weighted by molar-refractivity contribution is 9.10. The molecule has 9 heteroatoms. The van der Waals surface area contributed by atoms with Crippen LogP contribution in [0, 0.1) is 0 Å². The summed E-state index contributed by atoms with van der Waals surface area (Å²) in [6.07, 6.45) is -0.740. The van der Waals surface area contributed by atoms with Crippen molar-refractivity contribution < 1.29 is 23.8 Å². The molecule has 0 bridgehead atoms. The smallest absolute Gasteiger partial charge is 0.410 e. The van der Waals surface area contributed by atoms with Crippen molar-refractivity contribution in [3.8, 4) is 5.88 Å². The van der Waals surface area contributed by atoms with Crippen LogP contribution in [0.3, 0.4) is 0 Å². The third kappa shape index (κ3) is 6.19. The van der Waals surface area contributed by atoms with Gasteiger partial charge in [0.25, 0.3) is 0 Å². The molecule has 0 saturated heterocycles. The number of likely N-dealkylation sites (N-methyl/N-ethyl adjacent to an activating group) is 1. The van der Waals surface area contributed by atoms with Gasteiger partial charge in [-0.3, -0.25) is 0 Å². The zero-order valence-corrected chi connectivity index (χ0v) is 18.0. The number of halogens is 1. The van der Waals surface area contributed by atoms with Crippen molar-refractivity contribution in [2.24, 2.45) is 7.05 Å². The third-order valence-corrected chi connectivity index (χ3v) is 3.95. The molecule has 1 amide bonds. The monoisotopic (exact) mass is 433 g/mol. The Kier molecular flexibility index (Phi) is 7.92. The molecule has 26 heavy (non-hydrogen) atoms. The molecule has 0 aromatic carbocycles. The van der Waals surface area contributed by atoms with Gasteiger partial charge < -0.3 is 19.1 Å². The molecule has 148 valence electrons. The number of aromatic nitrogens is 2. The summed E-state index contributed by atoms with van der Waals surface area (Å²) < 4.78 is 18.1. The van der Waals surface area contributed by atoms with E-state index in [0.717, 1.165) is 0 Å². The summed E-state index contributed by atoms with van der Waals surface area (Å²) in [4.78, 5) is 25.7. The summed E-state index contributed by atoms with van der Waals surface area (Å²) in [7, 11) is 1.67. The largest absolute Gasteiger partial charge is 0.472 e. The van der Waals surface area contributed by atoms with Crippen LogP contribution in [0.25, 0.3) is 0 Å². The molecule has 0 spiro atoms. The number of ether oxygens (including phenoxy) is 3. The molecule has 0 N–H and O–H groups in total. The lowest BCUT2D eigenvalue weighted by Gasteiger charge is -2.28. The molecule has 1 aromatic heterocycles. The number of nitrogens with zero attached hydrogens (tertiary/aromatic N) is 3. The van der Waals surface area contributed by atoms with Crippen LogP contribution in [0.1, 0.15) is 52.0 Å². The minimum Gasteiger partial charge on any atom is -0.472 e. The highest BCUT2D eigenvalue weighted by Gasteiger charge is 2.26. The minimum absolute atomic E-state index is 0.149. The predicted molar refractivity (Wildman–Crippen MR) is 100 cm³/mol. The van der Waals surface area contributed by atoms with Crippen molar-refractivity contribution >= 4 is 28.0 Å². The van der Waals surface area contributed by atoms with E-state index in [1.807, 2.05) is 34.6 Å². The van der Waals surface area contributed by atoms with Gasteiger partial charge >= 0.3 is 12.1 Å². The van der Waals surface area contributed by atoms with E-state index in [2.05, 4.69) is 21.0 Å². The van der Waals surface area contributed by atoms with Gasteiger partial charge in [-0.1, -0.05) is 0 Å². The fourth-order valence-corrected chi connectivity index (χ4v) is 2.73. The molecule has 0 unspecified atom stereocenters. The van der Waals surface area contributed by atoms with Gasteiger partial charge in [0.15, 0.2) is 5.69 Å². The molecule has 1 atom stereocenters. The zero-order chi connectivity index (χ0) is 20.1. The van der Waals surface area contributed by atoms with Crippen LogP contribution < -0.4 is 4.74 Å². The van der Waals surface area contributed by atoms with Crippen molar-refractivity contribution in [1.29, 1.82) is 0 Å². The van der Waals surface area contributed by atoms with Crippen LogP contribution >= 0.6 is 15.9 Å². The maximum absolute atomic E-state index is 12.2. The number of amides is 1. The second kappa shape index (κ2) is 9.25. The summed E-state index contributed by atoms with van der Waals surface area (Å²) in [6, 6.07) is 0. The number of esters is 1. The molecular weight excluding hydrogens is 406 g/mol. The lowest BCUT2D eigenvalue weighted by molar-refractivity contribution is 0.0187. The first-order valence-corrected chi connectivity index (χ1v) is 9.33. The van der Waals surface area contributed by atoms with E-state index in [1.54, 1.807) is 18.9 Å². The molecule has 0 fully saturated rings. The van der Waals surface area contributed by atoms with E-state index >= 15 is 0 Å². The standard InChI is InChI=1S/C17H28BrN3O5/c1-8-21(16(23)26-17(4,5)6)10-11(3)25-14-12(18)13(19-20(14)7)15(22)24-9-2/h11H,8-10H2,1-7H3/t11-/m0/s1. The lowest BCUT2D eigenvalue weighted by atomic mass is 10.2. The highest BCUT2D eigenvalue weighted by Crippen LogP contribution is 2.29. The lowest BCUT2D eigenvalue weighted by Crippen LogP contribution is -2.41. The quantitative estimate of drug-likeness (QED) is 0.612. The summed E-state index contributed by atoms with van der Waals surface area (Å²) in [5, 5.41) is 4.13. The summed E-state index contributed by atoms with van der Waals surface area (Å²) in [6.45, 7) is 12.0. The Hall–Kier alpha value is -1.77. The SMILES string of the molecule is CCOC(=O)c1nn(C)c(O[C@@H](C)CN(CC)C(=O)OC(C)(C)C)c1Br. The fourth-order valence-electron chi connectivity index (χ4n) is 2.14. The van der Waals surface area contributed by atoms with Crippen LogP contribution in [-0.2, 0) is 16.5 Å². The average Bonchev–Trinajstić information content (AvgIpc) is 2.79. The number of carbonyl (C=O) groups excluding carboxylic acids is 2. The molecule has 1 heterocycles. The molecule has 1 rings (SSSR count). The first-order valence-electron chi connectivity index (χ1n) is 8.54. The highest BCUT2D eigenvalue weighted by atomic mass is 79.9. The van der Waals surface area contributed by atoms with Crippen LogP contribution in [-0.4, -0.2) is 58.1 Å². The Labute approximate surface area is 162 Å². The Morgan fingerprint density at radius 3 is 2.42 bits per heavy atom. The van der Waals surface area contributed by atoms with Gasteiger partial charge in [0.2, 0.25) is 5.88 Å². The van der Waals surface area contributed by atoms with Crippen LogP contribution in [0.5, 0.6) is 5.88 Å². The van der Waals surface area contributed by atoms with E-state index in [-0.39, 0.29) is 18.4 Å². The van der Waals surface area contributed by atoms with Gasteiger partial charge in [0.1, 0.15) is 16.2 Å². The molecule has 0 saturated carbocycles. The molecule has 8 nitrogen and oxygen atoms in total. The number of hydrogen-bond acceptors (Lipinski definition) is 6. The Morgan fingerprint density at radius 2 is 1.92 bits per heavy atom. The average molecular weight is 434 g/mol. The van der Waals surface area contributed by atoms with Gasteiger partial charge in [0, 0.05) is 13.6 Å². The second-order valence-corrected chi connectivity index (χ2v) is 7.55. The first kappa shape index (κ1) is 22.3. The minimum atomic E-state index is -0.561. The van der Waals surface area contributed by atoms with Crippen molar-refractivity contribution in [2.75, 3.05) is 19.7 Å². The van der Waals surface area contributed by atoms with Crippen LogP contribution in [0.15, 0.2) is 4.47 Å². The molecule has 0 aliphatic carbocycles. The molecule has 0 aliphatic rings. The molecule has 1 aromatic rings.